The molecule has 1 aliphatic carbocycles. The summed E-state index contributed by atoms with van der Waals surface area (Å²) in [6.45, 7) is 0. The lowest BCUT2D eigenvalue weighted by Crippen LogP contribution is -2.20. The smallest absolute Gasteiger partial charge is 0.305 e. The number of nitrogens with two attached hydrogens (primary N) is 1. The van der Waals surface area contributed by atoms with Gasteiger partial charge in [-0.2, -0.15) is 5.10 Å². The minimum atomic E-state index is -0.863. The number of rotatable bonds is 3. The number of hydrogen-bond donors (Lipinski definition) is 2. The SMILES string of the molecule is Cn1nc2c(c1C(N)CC(=O)O)CCCC2. The Labute approximate surface area is 94.2 Å². The highest BCUT2D eigenvalue weighted by atomic mass is 16.4. The minimum absolute atomic E-state index is 0.0357. The molecule has 0 aromatic carbocycles. The minimum Gasteiger partial charge on any atom is -0.481 e. The Balaban J connectivity index is 2.32. The van der Waals surface area contributed by atoms with E-state index in [9.17, 15) is 4.79 Å². The van der Waals surface area contributed by atoms with Crippen molar-refractivity contribution in [1.29, 1.82) is 0 Å². The third-order valence-electron chi connectivity index (χ3n) is 3.11. The molecule has 2 rings (SSSR count). The summed E-state index contributed by atoms with van der Waals surface area (Å²) in [5, 5.41) is 13.2. The number of nitrogens with zero attached hydrogens (tertiary/aromatic N) is 2. The Morgan fingerprint density at radius 3 is 2.94 bits per heavy atom. The fourth-order valence-corrected chi connectivity index (χ4v) is 2.45. The summed E-state index contributed by atoms with van der Waals surface area (Å²) in [5.74, 6) is -0.863. The second-order valence-corrected chi connectivity index (χ2v) is 4.35. The van der Waals surface area contributed by atoms with E-state index in [2.05, 4.69) is 5.10 Å². The van der Waals surface area contributed by atoms with E-state index in [4.69, 9.17) is 10.8 Å². The average Bonchev–Trinajstić information content (AvgIpc) is 2.52. The van der Waals surface area contributed by atoms with Gasteiger partial charge in [0.05, 0.1) is 23.9 Å². The van der Waals surface area contributed by atoms with Gasteiger partial charge in [0.15, 0.2) is 0 Å². The van der Waals surface area contributed by atoms with Crippen molar-refractivity contribution < 1.29 is 9.90 Å². The Morgan fingerprint density at radius 1 is 1.56 bits per heavy atom. The van der Waals surface area contributed by atoms with E-state index in [0.29, 0.717) is 0 Å². The van der Waals surface area contributed by atoms with Crippen LogP contribution in [0.2, 0.25) is 0 Å². The number of aromatic nitrogens is 2. The topological polar surface area (TPSA) is 81.1 Å². The van der Waals surface area contributed by atoms with Crippen LogP contribution in [0.1, 0.15) is 42.3 Å². The van der Waals surface area contributed by atoms with Crippen LogP contribution in [0.5, 0.6) is 0 Å². The van der Waals surface area contributed by atoms with Gasteiger partial charge < -0.3 is 10.8 Å². The molecule has 0 saturated heterocycles. The summed E-state index contributed by atoms with van der Waals surface area (Å²) in [4.78, 5) is 10.7. The summed E-state index contributed by atoms with van der Waals surface area (Å²) in [6.07, 6.45) is 4.24. The van der Waals surface area contributed by atoms with E-state index >= 15 is 0 Å². The molecule has 1 aliphatic rings. The van der Waals surface area contributed by atoms with Crippen LogP contribution in [-0.4, -0.2) is 20.9 Å². The van der Waals surface area contributed by atoms with Crippen LogP contribution in [-0.2, 0) is 24.7 Å². The molecule has 16 heavy (non-hydrogen) atoms. The largest absolute Gasteiger partial charge is 0.481 e. The van der Waals surface area contributed by atoms with Crippen LogP contribution in [0.3, 0.4) is 0 Å². The number of carbonyl (C=O) groups is 1. The number of carboxylic acids is 1. The number of carboxylic acid groups (broad SMARTS) is 1. The van der Waals surface area contributed by atoms with E-state index < -0.39 is 12.0 Å². The van der Waals surface area contributed by atoms with Crippen LogP contribution in [0.15, 0.2) is 0 Å². The molecule has 0 aliphatic heterocycles. The second kappa shape index (κ2) is 4.25. The monoisotopic (exact) mass is 223 g/mol. The molecule has 0 saturated carbocycles. The third-order valence-corrected chi connectivity index (χ3v) is 3.11. The van der Waals surface area contributed by atoms with Crippen LogP contribution >= 0.6 is 0 Å². The Kier molecular flexibility index (Phi) is 2.96. The Morgan fingerprint density at radius 2 is 2.25 bits per heavy atom. The van der Waals surface area contributed by atoms with Gasteiger partial charge in [-0.1, -0.05) is 0 Å². The lowest BCUT2D eigenvalue weighted by molar-refractivity contribution is -0.137. The second-order valence-electron chi connectivity index (χ2n) is 4.35. The van der Waals surface area contributed by atoms with Gasteiger partial charge in [0, 0.05) is 7.05 Å². The maximum absolute atomic E-state index is 10.7. The first kappa shape index (κ1) is 11.1. The zero-order valence-electron chi connectivity index (χ0n) is 9.44. The van der Waals surface area contributed by atoms with E-state index in [-0.39, 0.29) is 6.42 Å². The summed E-state index contributed by atoms with van der Waals surface area (Å²) in [6, 6.07) is -0.447. The van der Waals surface area contributed by atoms with Crippen LogP contribution < -0.4 is 5.73 Å². The number of fused-ring (bicyclic) bond motifs is 1. The summed E-state index contributed by atoms with van der Waals surface area (Å²) in [7, 11) is 1.84. The van der Waals surface area contributed by atoms with E-state index in [1.165, 1.54) is 5.56 Å². The Bertz CT molecular complexity index is 412. The van der Waals surface area contributed by atoms with Gasteiger partial charge >= 0.3 is 5.97 Å². The highest BCUT2D eigenvalue weighted by Crippen LogP contribution is 2.27. The molecule has 5 nitrogen and oxygen atoms in total. The van der Waals surface area contributed by atoms with Gasteiger partial charge in [0.1, 0.15) is 0 Å². The molecular weight excluding hydrogens is 206 g/mol. The molecule has 0 bridgehead atoms. The highest BCUT2D eigenvalue weighted by Gasteiger charge is 2.24. The predicted octanol–water partition coefficient (Wildman–Crippen LogP) is 0.773. The lowest BCUT2D eigenvalue weighted by Gasteiger charge is -2.15. The zero-order chi connectivity index (χ0) is 11.7. The van der Waals surface area contributed by atoms with Crippen molar-refractivity contribution in [3.8, 4) is 0 Å². The van der Waals surface area contributed by atoms with Crippen LogP contribution in [0.25, 0.3) is 0 Å². The van der Waals surface area contributed by atoms with Crippen molar-refractivity contribution in [2.45, 2.75) is 38.1 Å². The van der Waals surface area contributed by atoms with Gasteiger partial charge in [-0.15, -0.1) is 0 Å². The maximum atomic E-state index is 10.7. The predicted molar refractivity (Wildman–Crippen MR) is 59.0 cm³/mol. The summed E-state index contributed by atoms with van der Waals surface area (Å²) in [5.41, 5.74) is 9.11. The molecule has 1 aromatic heterocycles. The standard InChI is InChI=1S/C11H17N3O2/c1-14-11(8(12)6-10(15)16)7-4-2-3-5-9(7)13-14/h8H,2-6,12H2,1H3,(H,15,16). The quantitative estimate of drug-likeness (QED) is 0.793. The number of aryl methyl sites for hydroxylation is 2. The molecule has 0 radical (unpaired) electrons. The molecule has 1 heterocycles. The molecule has 0 fully saturated rings. The Hall–Kier alpha value is -1.36. The first-order valence-corrected chi connectivity index (χ1v) is 5.61. The van der Waals surface area contributed by atoms with Crippen molar-refractivity contribution in [3.05, 3.63) is 17.0 Å². The molecule has 88 valence electrons. The average molecular weight is 223 g/mol. The molecule has 1 atom stereocenters. The molecular formula is C11H17N3O2. The van der Waals surface area contributed by atoms with Crippen molar-refractivity contribution in [2.75, 3.05) is 0 Å². The number of hydrogen-bond acceptors (Lipinski definition) is 3. The van der Waals surface area contributed by atoms with Crippen molar-refractivity contribution >= 4 is 5.97 Å². The van der Waals surface area contributed by atoms with Crippen molar-refractivity contribution in [3.63, 3.8) is 0 Å². The van der Waals surface area contributed by atoms with Gasteiger partial charge in [-0.25, -0.2) is 0 Å². The third kappa shape index (κ3) is 1.95. The zero-order valence-corrected chi connectivity index (χ0v) is 9.44. The molecule has 1 aromatic rings. The van der Waals surface area contributed by atoms with Gasteiger partial charge in [0.2, 0.25) is 0 Å². The molecule has 3 N–H and O–H groups in total. The molecule has 0 spiro atoms. The highest BCUT2D eigenvalue weighted by molar-refractivity contribution is 5.67. The van der Waals surface area contributed by atoms with Gasteiger partial charge in [-0.3, -0.25) is 9.48 Å². The van der Waals surface area contributed by atoms with Gasteiger partial charge in [-0.05, 0) is 31.2 Å². The van der Waals surface area contributed by atoms with E-state index in [1.807, 2.05) is 7.05 Å². The molecule has 0 amide bonds. The summed E-state index contributed by atoms with van der Waals surface area (Å²) < 4.78 is 1.75. The summed E-state index contributed by atoms with van der Waals surface area (Å²) >= 11 is 0. The first-order chi connectivity index (χ1) is 7.59. The number of aliphatic carboxylic acids is 1. The molecule has 5 heteroatoms. The first-order valence-electron chi connectivity index (χ1n) is 5.61. The van der Waals surface area contributed by atoms with Crippen molar-refractivity contribution in [2.24, 2.45) is 12.8 Å². The molecule has 1 unspecified atom stereocenters. The van der Waals surface area contributed by atoms with E-state index in [1.54, 1.807) is 4.68 Å². The maximum Gasteiger partial charge on any atom is 0.305 e. The van der Waals surface area contributed by atoms with Crippen molar-refractivity contribution in [1.82, 2.24) is 9.78 Å². The van der Waals surface area contributed by atoms with E-state index in [0.717, 1.165) is 37.1 Å². The van der Waals surface area contributed by atoms with Crippen LogP contribution in [0.4, 0.5) is 0 Å². The normalized spacial score (nSPS) is 16.9. The van der Waals surface area contributed by atoms with Gasteiger partial charge in [0.25, 0.3) is 0 Å². The lowest BCUT2D eigenvalue weighted by atomic mass is 9.93. The fraction of sp³-hybridized carbons (Fsp3) is 0.636. The fourth-order valence-electron chi connectivity index (χ4n) is 2.45. The van der Waals surface area contributed by atoms with Crippen LogP contribution in [0, 0.1) is 0 Å².